The summed E-state index contributed by atoms with van der Waals surface area (Å²) in [6, 6.07) is 6.02. The van der Waals surface area contributed by atoms with Gasteiger partial charge >= 0.3 is 5.88 Å². The molecule has 1 amide bonds. The highest BCUT2D eigenvalue weighted by Gasteiger charge is 2.18. The predicted molar refractivity (Wildman–Crippen MR) is 90.8 cm³/mol. The Morgan fingerprint density at radius 1 is 1.38 bits per heavy atom. The molecule has 3 aromatic rings. The van der Waals surface area contributed by atoms with Gasteiger partial charge in [-0.05, 0) is 18.2 Å². The number of carbonyl (C=O) groups excluding carboxylic acids is 1. The van der Waals surface area contributed by atoms with Crippen LogP contribution in [0.4, 0.5) is 11.7 Å². The molecule has 0 radical (unpaired) electrons. The third-order valence-electron chi connectivity index (χ3n) is 3.17. The summed E-state index contributed by atoms with van der Waals surface area (Å²) in [6.07, 6.45) is 1.46. The van der Waals surface area contributed by atoms with Gasteiger partial charge in [0.2, 0.25) is 11.7 Å². The smallest absolute Gasteiger partial charge is 0.397 e. The van der Waals surface area contributed by atoms with Gasteiger partial charge in [-0.1, -0.05) is 0 Å². The molecule has 0 aliphatic carbocycles. The zero-order chi connectivity index (χ0) is 18.5. The molecule has 0 atom stereocenters. The minimum atomic E-state index is -0.634. The predicted octanol–water partition coefficient (Wildman–Crippen LogP) is 0.869. The van der Waals surface area contributed by atoms with E-state index < -0.39 is 10.8 Å². The molecule has 0 aliphatic heterocycles. The second-order valence-electron chi connectivity index (χ2n) is 5.07. The number of aromatic nitrogens is 4. The van der Waals surface area contributed by atoms with Gasteiger partial charge in [0.25, 0.3) is 0 Å². The van der Waals surface area contributed by atoms with E-state index in [0.717, 1.165) is 0 Å². The van der Waals surface area contributed by atoms with Crippen LogP contribution >= 0.6 is 0 Å². The molecule has 3 rings (SSSR count). The van der Waals surface area contributed by atoms with Gasteiger partial charge in [-0.25, -0.2) is 0 Å². The zero-order valence-corrected chi connectivity index (χ0v) is 13.6. The first kappa shape index (κ1) is 17.0. The van der Waals surface area contributed by atoms with Gasteiger partial charge in [0, 0.05) is 13.5 Å². The van der Waals surface area contributed by atoms with E-state index in [0.29, 0.717) is 24.6 Å². The van der Waals surface area contributed by atoms with Crippen molar-refractivity contribution in [1.82, 2.24) is 25.1 Å². The number of nitro groups is 1. The molecule has 0 spiro atoms. The molecule has 2 N–H and O–H groups in total. The highest BCUT2D eigenvalue weighted by Crippen LogP contribution is 2.24. The Morgan fingerprint density at radius 2 is 2.23 bits per heavy atom. The standard InChI is InChI=1S/C14H14N8O4/c1-9(23)16-7-6-15-8-17-11-3-4-12-18-19-14(21(12)20-11)10-2-5-13(26-10)22(24)25/h2-5,8H,6-7H2,1H3,(H,16,23)(H,15,17,20). The Morgan fingerprint density at radius 3 is 2.96 bits per heavy atom. The first-order valence-electron chi connectivity index (χ1n) is 7.51. The van der Waals surface area contributed by atoms with Crippen molar-refractivity contribution in [1.29, 1.82) is 0 Å². The lowest BCUT2D eigenvalue weighted by molar-refractivity contribution is -0.401. The van der Waals surface area contributed by atoms with Crippen LogP contribution in [0.3, 0.4) is 0 Å². The normalized spacial score (nSPS) is 11.1. The van der Waals surface area contributed by atoms with Crippen molar-refractivity contribution < 1.29 is 14.1 Å². The summed E-state index contributed by atoms with van der Waals surface area (Å²) in [5, 5.41) is 28.4. The van der Waals surface area contributed by atoms with E-state index >= 15 is 0 Å². The number of carbonyl (C=O) groups is 1. The minimum absolute atomic E-state index is 0.112. The molecule has 12 heteroatoms. The van der Waals surface area contributed by atoms with Crippen LogP contribution < -0.4 is 10.6 Å². The lowest BCUT2D eigenvalue weighted by atomic mass is 10.4. The molecule has 26 heavy (non-hydrogen) atoms. The van der Waals surface area contributed by atoms with Crippen LogP contribution in [0.15, 0.2) is 33.7 Å². The van der Waals surface area contributed by atoms with Gasteiger partial charge in [0.1, 0.15) is 4.92 Å². The summed E-state index contributed by atoms with van der Waals surface area (Å²) in [4.78, 5) is 24.9. The lowest BCUT2D eigenvalue weighted by Gasteiger charge is -2.01. The van der Waals surface area contributed by atoms with Gasteiger partial charge in [-0.15, -0.1) is 15.3 Å². The summed E-state index contributed by atoms with van der Waals surface area (Å²) >= 11 is 0. The Labute approximate surface area is 146 Å². The summed E-state index contributed by atoms with van der Waals surface area (Å²) < 4.78 is 6.54. The Kier molecular flexibility index (Phi) is 4.83. The van der Waals surface area contributed by atoms with Crippen molar-refractivity contribution in [2.75, 3.05) is 18.4 Å². The summed E-state index contributed by atoms with van der Waals surface area (Å²) in [7, 11) is 0. The highest BCUT2D eigenvalue weighted by atomic mass is 16.6. The fourth-order valence-electron chi connectivity index (χ4n) is 2.04. The fourth-order valence-corrected chi connectivity index (χ4v) is 2.04. The molecule has 12 nitrogen and oxygen atoms in total. The maximum atomic E-state index is 10.7. The molecule has 0 aromatic carbocycles. The molecule has 0 saturated heterocycles. The van der Waals surface area contributed by atoms with Crippen molar-refractivity contribution in [3.8, 4) is 11.6 Å². The van der Waals surface area contributed by atoms with Crippen LogP contribution in [0, 0.1) is 10.1 Å². The molecule has 0 aliphatic rings. The summed E-state index contributed by atoms with van der Waals surface area (Å²) in [6.45, 7) is 2.29. The van der Waals surface area contributed by atoms with Gasteiger partial charge in [0.05, 0.1) is 18.9 Å². The van der Waals surface area contributed by atoms with E-state index in [-0.39, 0.29) is 17.5 Å². The van der Waals surface area contributed by atoms with Crippen molar-refractivity contribution in [2.24, 2.45) is 4.99 Å². The van der Waals surface area contributed by atoms with Crippen molar-refractivity contribution in [3.05, 3.63) is 34.4 Å². The molecule has 0 bridgehead atoms. The largest absolute Gasteiger partial charge is 0.433 e. The molecule has 0 saturated carbocycles. The zero-order valence-electron chi connectivity index (χ0n) is 13.6. The van der Waals surface area contributed by atoms with Crippen LogP contribution in [-0.4, -0.2) is 50.1 Å². The van der Waals surface area contributed by atoms with Crippen LogP contribution in [-0.2, 0) is 4.79 Å². The van der Waals surface area contributed by atoms with Gasteiger partial charge in [-0.3, -0.25) is 19.9 Å². The van der Waals surface area contributed by atoms with Crippen LogP contribution in [0.1, 0.15) is 6.92 Å². The fraction of sp³-hybridized carbons (Fsp3) is 0.214. The number of furan rings is 1. The van der Waals surface area contributed by atoms with E-state index in [4.69, 9.17) is 4.42 Å². The van der Waals surface area contributed by atoms with Crippen molar-refractivity contribution in [2.45, 2.75) is 6.92 Å². The molecular formula is C14H14N8O4. The first-order valence-corrected chi connectivity index (χ1v) is 7.51. The number of hydrogen-bond donors (Lipinski definition) is 2. The molecule has 3 heterocycles. The SMILES string of the molecule is CC(=O)NCCN=CNc1ccc2nnc(-c3ccc([N+](=O)[O-])o3)n2n1. The summed E-state index contributed by atoms with van der Waals surface area (Å²) in [5.41, 5.74) is 0.451. The van der Waals surface area contributed by atoms with Gasteiger partial charge < -0.3 is 15.1 Å². The Bertz CT molecular complexity index is 976. The Hall–Kier alpha value is -3.83. The van der Waals surface area contributed by atoms with E-state index in [1.54, 1.807) is 12.1 Å². The van der Waals surface area contributed by atoms with Crippen molar-refractivity contribution >= 4 is 29.6 Å². The number of amides is 1. The molecule has 134 valence electrons. The van der Waals surface area contributed by atoms with Crippen molar-refractivity contribution in [3.63, 3.8) is 0 Å². The molecule has 0 fully saturated rings. The number of aliphatic imine (C=N–C) groups is 1. The van der Waals surface area contributed by atoms with E-state index in [9.17, 15) is 14.9 Å². The van der Waals surface area contributed by atoms with Crippen LogP contribution in [0.25, 0.3) is 17.2 Å². The first-order chi connectivity index (χ1) is 12.5. The summed E-state index contributed by atoms with van der Waals surface area (Å²) in [5.74, 6) is 0.371. The minimum Gasteiger partial charge on any atom is -0.397 e. The average molecular weight is 358 g/mol. The third-order valence-corrected chi connectivity index (χ3v) is 3.17. The van der Waals surface area contributed by atoms with Gasteiger partial charge in [0.15, 0.2) is 17.2 Å². The number of hydrogen-bond acceptors (Lipinski definition) is 8. The van der Waals surface area contributed by atoms with Crippen LogP contribution in [0.2, 0.25) is 0 Å². The number of fused-ring (bicyclic) bond motifs is 1. The number of nitrogens with zero attached hydrogens (tertiary/aromatic N) is 6. The maximum Gasteiger partial charge on any atom is 0.433 e. The highest BCUT2D eigenvalue weighted by molar-refractivity contribution is 5.74. The Balaban J connectivity index is 1.74. The topological polar surface area (TPSA) is 153 Å². The average Bonchev–Trinajstić information content (AvgIpc) is 3.24. The quantitative estimate of drug-likeness (QED) is 0.207. The number of rotatable bonds is 7. The lowest BCUT2D eigenvalue weighted by Crippen LogP contribution is -2.22. The third kappa shape index (κ3) is 3.80. The second kappa shape index (κ2) is 7.38. The maximum absolute atomic E-state index is 10.7. The number of nitrogens with one attached hydrogen (secondary N) is 2. The van der Waals surface area contributed by atoms with E-state index in [1.807, 2.05) is 0 Å². The van der Waals surface area contributed by atoms with E-state index in [2.05, 4.69) is 30.9 Å². The van der Waals surface area contributed by atoms with Gasteiger partial charge in [-0.2, -0.15) is 4.52 Å². The second-order valence-corrected chi connectivity index (χ2v) is 5.07. The number of anilines is 1. The molecule has 0 unspecified atom stereocenters. The monoisotopic (exact) mass is 358 g/mol. The van der Waals surface area contributed by atoms with Crippen LogP contribution in [0.5, 0.6) is 0 Å². The molecule has 3 aromatic heterocycles. The molecular weight excluding hydrogens is 344 g/mol. The van der Waals surface area contributed by atoms with E-state index in [1.165, 1.54) is 29.9 Å².